The highest BCUT2D eigenvalue weighted by atomic mass is 16.5. The van der Waals surface area contributed by atoms with Crippen molar-refractivity contribution in [3.05, 3.63) is 107 Å². The maximum Gasteiger partial charge on any atom is 0.256 e. The fraction of sp³-hybridized carbons (Fsp3) is 0.148. The van der Waals surface area contributed by atoms with Crippen LogP contribution in [0.1, 0.15) is 39.9 Å². The van der Waals surface area contributed by atoms with E-state index in [1.165, 1.54) is 16.7 Å². The number of ether oxygens (including phenoxy) is 1. The fourth-order valence-corrected chi connectivity index (χ4v) is 4.44. The van der Waals surface area contributed by atoms with E-state index in [1.807, 2.05) is 43.3 Å². The molecule has 4 aromatic rings. The maximum absolute atomic E-state index is 12.4. The van der Waals surface area contributed by atoms with Crippen LogP contribution >= 0.6 is 0 Å². The topological polar surface area (TPSA) is 38.3 Å². The van der Waals surface area contributed by atoms with Crippen molar-refractivity contribution >= 4 is 22.4 Å². The predicted molar refractivity (Wildman–Crippen MR) is 122 cm³/mol. The Kier molecular flexibility index (Phi) is 4.72. The van der Waals surface area contributed by atoms with Gasteiger partial charge in [-0.3, -0.25) is 4.79 Å². The number of hydrogen-bond donors (Lipinski definition) is 1. The summed E-state index contributed by atoms with van der Waals surface area (Å²) in [5.41, 5.74) is 5.42. The second-order valence-electron chi connectivity index (χ2n) is 7.63. The van der Waals surface area contributed by atoms with Gasteiger partial charge in [0.2, 0.25) is 0 Å². The highest BCUT2D eigenvalue weighted by Crippen LogP contribution is 2.40. The van der Waals surface area contributed by atoms with Crippen LogP contribution in [0.25, 0.3) is 10.8 Å². The molecule has 3 nitrogen and oxygen atoms in total. The van der Waals surface area contributed by atoms with E-state index in [0.29, 0.717) is 6.61 Å². The van der Waals surface area contributed by atoms with E-state index in [2.05, 4.69) is 53.8 Å². The maximum atomic E-state index is 12.4. The quantitative estimate of drug-likeness (QED) is 0.425. The van der Waals surface area contributed by atoms with Crippen LogP contribution in [0.3, 0.4) is 0 Å². The van der Waals surface area contributed by atoms with Crippen LogP contribution in [0.5, 0.6) is 5.75 Å². The molecule has 0 aliphatic carbocycles. The molecule has 5 rings (SSSR count). The molecule has 1 aliphatic heterocycles. The monoisotopic (exact) mass is 393 g/mol. The van der Waals surface area contributed by atoms with Gasteiger partial charge in [0.15, 0.2) is 0 Å². The van der Waals surface area contributed by atoms with Gasteiger partial charge in [0, 0.05) is 22.6 Å². The van der Waals surface area contributed by atoms with Crippen LogP contribution in [0.2, 0.25) is 0 Å². The van der Waals surface area contributed by atoms with E-state index in [0.717, 1.165) is 34.2 Å². The van der Waals surface area contributed by atoms with Gasteiger partial charge in [-0.15, -0.1) is 0 Å². The molecule has 1 unspecified atom stereocenters. The van der Waals surface area contributed by atoms with Crippen LogP contribution in [-0.2, 0) is 6.42 Å². The number of benzene rings is 4. The zero-order valence-electron chi connectivity index (χ0n) is 16.9. The van der Waals surface area contributed by atoms with Crippen molar-refractivity contribution in [2.75, 3.05) is 11.9 Å². The number of carbonyl (C=O) groups is 1. The molecule has 0 bridgehead atoms. The zero-order chi connectivity index (χ0) is 20.5. The summed E-state index contributed by atoms with van der Waals surface area (Å²) in [5.74, 6) is 1.03. The van der Waals surface area contributed by atoms with Crippen molar-refractivity contribution in [1.29, 1.82) is 0 Å². The van der Waals surface area contributed by atoms with Crippen molar-refractivity contribution in [1.82, 2.24) is 0 Å². The third-order valence-electron chi connectivity index (χ3n) is 5.82. The Bertz CT molecular complexity index is 1210. The van der Waals surface area contributed by atoms with E-state index in [4.69, 9.17) is 4.74 Å². The third-order valence-corrected chi connectivity index (χ3v) is 5.82. The highest BCUT2D eigenvalue weighted by molar-refractivity contribution is 6.24. The van der Waals surface area contributed by atoms with E-state index >= 15 is 0 Å². The largest absolute Gasteiger partial charge is 0.494 e. The lowest BCUT2D eigenvalue weighted by Crippen LogP contribution is -2.06. The van der Waals surface area contributed by atoms with Gasteiger partial charge in [0.1, 0.15) is 5.75 Å². The van der Waals surface area contributed by atoms with Crippen LogP contribution < -0.4 is 10.1 Å². The second-order valence-corrected chi connectivity index (χ2v) is 7.63. The summed E-state index contributed by atoms with van der Waals surface area (Å²) in [6.45, 7) is 2.65. The van der Waals surface area contributed by atoms with Crippen molar-refractivity contribution < 1.29 is 9.53 Å². The molecule has 0 aromatic heterocycles. The Morgan fingerprint density at radius 2 is 1.67 bits per heavy atom. The summed E-state index contributed by atoms with van der Waals surface area (Å²) in [5, 5.41) is 5.16. The Morgan fingerprint density at radius 3 is 2.43 bits per heavy atom. The van der Waals surface area contributed by atoms with Crippen molar-refractivity contribution in [3.8, 4) is 5.75 Å². The fourth-order valence-electron chi connectivity index (χ4n) is 4.44. The summed E-state index contributed by atoms with van der Waals surface area (Å²) >= 11 is 0. The van der Waals surface area contributed by atoms with Crippen molar-refractivity contribution in [2.45, 2.75) is 19.3 Å². The normalized spacial score (nSPS) is 13.3. The molecule has 0 fully saturated rings. The van der Waals surface area contributed by atoms with E-state index in [1.54, 1.807) is 0 Å². The number of anilines is 1. The molecule has 4 aromatic carbocycles. The SMILES string of the molecule is CCOc1ccc(C(Cc2ccccc2)c2ccc3c4c(cccc24)C(=O)N3)cc1. The molecular weight excluding hydrogens is 370 g/mol. The number of hydrogen-bond acceptors (Lipinski definition) is 2. The molecule has 148 valence electrons. The number of carbonyl (C=O) groups excluding carboxylic acids is 1. The molecule has 0 radical (unpaired) electrons. The molecule has 1 atom stereocenters. The third kappa shape index (κ3) is 3.22. The molecule has 1 N–H and O–H groups in total. The average Bonchev–Trinajstić information content (AvgIpc) is 3.11. The van der Waals surface area contributed by atoms with Crippen LogP contribution in [0, 0.1) is 0 Å². The van der Waals surface area contributed by atoms with Crippen LogP contribution in [0.4, 0.5) is 5.69 Å². The Morgan fingerprint density at radius 1 is 0.867 bits per heavy atom. The molecule has 3 heteroatoms. The first-order valence-corrected chi connectivity index (χ1v) is 10.4. The first-order chi connectivity index (χ1) is 14.7. The summed E-state index contributed by atoms with van der Waals surface area (Å²) < 4.78 is 5.64. The van der Waals surface area contributed by atoms with Gasteiger partial charge in [0.05, 0.1) is 6.61 Å². The number of rotatable bonds is 6. The van der Waals surface area contributed by atoms with Gasteiger partial charge in [-0.25, -0.2) is 0 Å². The van der Waals surface area contributed by atoms with Gasteiger partial charge >= 0.3 is 0 Å². The van der Waals surface area contributed by atoms with Crippen molar-refractivity contribution in [2.24, 2.45) is 0 Å². The van der Waals surface area contributed by atoms with Gasteiger partial charge in [-0.2, -0.15) is 0 Å². The smallest absolute Gasteiger partial charge is 0.256 e. The lowest BCUT2D eigenvalue weighted by atomic mass is 9.83. The van der Waals surface area contributed by atoms with Crippen molar-refractivity contribution in [3.63, 3.8) is 0 Å². The predicted octanol–water partition coefficient (Wildman–Crippen LogP) is 6.18. The minimum absolute atomic E-state index is 0.0200. The first-order valence-electron chi connectivity index (χ1n) is 10.4. The molecule has 0 spiro atoms. The molecular formula is C27H23NO2. The number of nitrogens with one attached hydrogen (secondary N) is 1. The van der Waals surface area contributed by atoms with Crippen LogP contribution in [0.15, 0.2) is 84.9 Å². The molecule has 0 saturated heterocycles. The van der Waals surface area contributed by atoms with Crippen LogP contribution in [-0.4, -0.2) is 12.5 Å². The molecule has 1 aliphatic rings. The summed E-state index contributed by atoms with van der Waals surface area (Å²) in [7, 11) is 0. The standard InChI is InChI=1S/C27H23NO2/c1-2-30-20-13-11-19(12-14-20)24(17-18-7-4-3-5-8-18)21-15-16-25-26-22(21)9-6-10-23(26)27(29)28-25/h3-16,24H,2,17H2,1H3,(H,28,29). The second kappa shape index (κ2) is 7.68. The van der Waals surface area contributed by atoms with E-state index in [-0.39, 0.29) is 11.8 Å². The van der Waals surface area contributed by atoms with Gasteiger partial charge in [-0.05, 0) is 59.7 Å². The highest BCUT2D eigenvalue weighted by Gasteiger charge is 2.25. The van der Waals surface area contributed by atoms with Gasteiger partial charge in [0.25, 0.3) is 5.91 Å². The van der Waals surface area contributed by atoms with E-state index < -0.39 is 0 Å². The lowest BCUT2D eigenvalue weighted by Gasteiger charge is -2.21. The molecule has 30 heavy (non-hydrogen) atoms. The first kappa shape index (κ1) is 18.4. The lowest BCUT2D eigenvalue weighted by molar-refractivity contribution is 0.103. The zero-order valence-corrected chi connectivity index (χ0v) is 16.9. The van der Waals surface area contributed by atoms with Gasteiger partial charge < -0.3 is 10.1 Å². The molecule has 1 heterocycles. The Hall–Kier alpha value is -3.59. The van der Waals surface area contributed by atoms with Gasteiger partial charge in [-0.1, -0.05) is 60.7 Å². The summed E-state index contributed by atoms with van der Waals surface area (Å²) in [6.07, 6.45) is 0.884. The molecule has 1 amide bonds. The average molecular weight is 393 g/mol. The molecule has 0 saturated carbocycles. The Balaban J connectivity index is 1.65. The minimum Gasteiger partial charge on any atom is -0.494 e. The van der Waals surface area contributed by atoms with E-state index in [9.17, 15) is 4.79 Å². The Labute approximate surface area is 176 Å². The summed E-state index contributed by atoms with van der Waals surface area (Å²) in [4.78, 5) is 12.4. The summed E-state index contributed by atoms with van der Waals surface area (Å²) in [6, 6.07) is 29.2. The minimum atomic E-state index is -0.0200. The number of amides is 1.